The minimum absolute atomic E-state index is 0.0645. The fraction of sp³-hybridized carbons (Fsp3) is 0.583. The predicted octanol–water partition coefficient (Wildman–Crippen LogP) is 2.03. The highest BCUT2D eigenvalue weighted by molar-refractivity contribution is 8.13. The molecule has 6 nitrogen and oxygen atoms in total. The van der Waals surface area contributed by atoms with E-state index in [4.69, 9.17) is 0 Å². The van der Waals surface area contributed by atoms with Gasteiger partial charge in [0, 0.05) is 37.0 Å². The van der Waals surface area contributed by atoms with E-state index < -0.39 is 0 Å². The summed E-state index contributed by atoms with van der Waals surface area (Å²) in [6.45, 7) is 5.31. The van der Waals surface area contributed by atoms with Gasteiger partial charge in [0.05, 0.1) is 0 Å². The van der Waals surface area contributed by atoms with Gasteiger partial charge in [-0.2, -0.15) is 5.10 Å². The van der Waals surface area contributed by atoms with E-state index in [-0.39, 0.29) is 11.1 Å². The van der Waals surface area contributed by atoms with Crippen molar-refractivity contribution in [3.05, 3.63) is 11.8 Å². The molecule has 1 saturated heterocycles. The SMILES string of the molecule is CC(C)c1cc(NC(=O)CCN2CCSC2=O)n[nH]1. The number of nitrogens with zero attached hydrogens (tertiary/aromatic N) is 2. The van der Waals surface area contributed by atoms with Crippen LogP contribution >= 0.6 is 11.8 Å². The van der Waals surface area contributed by atoms with E-state index in [1.54, 1.807) is 4.90 Å². The number of H-pyrrole nitrogens is 1. The summed E-state index contributed by atoms with van der Waals surface area (Å²) in [5.74, 6) is 1.58. The number of hydrogen-bond donors (Lipinski definition) is 2. The van der Waals surface area contributed by atoms with Gasteiger partial charge in [-0.25, -0.2) is 0 Å². The van der Waals surface area contributed by atoms with Gasteiger partial charge in [-0.05, 0) is 5.92 Å². The van der Waals surface area contributed by atoms with E-state index in [1.807, 2.05) is 6.07 Å². The number of hydrogen-bond acceptors (Lipinski definition) is 4. The average molecular weight is 282 g/mol. The molecular formula is C12H18N4O2S. The zero-order valence-corrected chi connectivity index (χ0v) is 11.9. The van der Waals surface area contributed by atoms with Gasteiger partial charge in [0.2, 0.25) is 5.91 Å². The highest BCUT2D eigenvalue weighted by Crippen LogP contribution is 2.18. The van der Waals surface area contributed by atoms with Gasteiger partial charge in [0.1, 0.15) is 0 Å². The minimum Gasteiger partial charge on any atom is -0.332 e. The Kier molecular flexibility index (Phi) is 4.47. The molecule has 7 heteroatoms. The van der Waals surface area contributed by atoms with Gasteiger partial charge in [-0.15, -0.1) is 0 Å². The van der Waals surface area contributed by atoms with Gasteiger partial charge >= 0.3 is 0 Å². The fourth-order valence-corrected chi connectivity index (χ4v) is 2.62. The molecule has 0 bridgehead atoms. The van der Waals surface area contributed by atoms with Gasteiger partial charge in [0.15, 0.2) is 5.82 Å². The van der Waals surface area contributed by atoms with Crippen LogP contribution in [0.15, 0.2) is 6.07 Å². The Hall–Kier alpha value is -1.50. The van der Waals surface area contributed by atoms with Crippen molar-refractivity contribution in [3.8, 4) is 0 Å². The summed E-state index contributed by atoms with van der Waals surface area (Å²) >= 11 is 1.31. The quantitative estimate of drug-likeness (QED) is 0.866. The van der Waals surface area contributed by atoms with Crippen LogP contribution < -0.4 is 5.32 Å². The van der Waals surface area contributed by atoms with Crippen molar-refractivity contribution in [2.24, 2.45) is 0 Å². The summed E-state index contributed by atoms with van der Waals surface area (Å²) in [6, 6.07) is 1.83. The van der Waals surface area contributed by atoms with Crippen LogP contribution in [0.3, 0.4) is 0 Å². The van der Waals surface area contributed by atoms with Crippen molar-refractivity contribution >= 4 is 28.7 Å². The lowest BCUT2D eigenvalue weighted by atomic mass is 10.1. The highest BCUT2D eigenvalue weighted by atomic mass is 32.2. The molecule has 0 aliphatic carbocycles. The molecule has 0 saturated carbocycles. The second kappa shape index (κ2) is 6.10. The molecule has 1 aliphatic rings. The Morgan fingerprint density at radius 2 is 2.42 bits per heavy atom. The molecule has 0 radical (unpaired) electrons. The Morgan fingerprint density at radius 3 is 3.00 bits per heavy atom. The molecule has 2 N–H and O–H groups in total. The van der Waals surface area contributed by atoms with Crippen LogP contribution in [0.1, 0.15) is 31.9 Å². The maximum Gasteiger partial charge on any atom is 0.281 e. The number of carbonyl (C=O) groups excluding carboxylic acids is 2. The van der Waals surface area contributed by atoms with Crippen LogP contribution in [0.2, 0.25) is 0 Å². The monoisotopic (exact) mass is 282 g/mol. The first-order valence-electron chi connectivity index (χ1n) is 6.33. The summed E-state index contributed by atoms with van der Waals surface area (Å²) in [5, 5.41) is 9.71. The van der Waals surface area contributed by atoms with E-state index in [2.05, 4.69) is 29.4 Å². The van der Waals surface area contributed by atoms with Crippen LogP contribution in [0, 0.1) is 0 Å². The summed E-state index contributed by atoms with van der Waals surface area (Å²) in [6.07, 6.45) is 0.302. The number of aromatic amines is 1. The number of anilines is 1. The summed E-state index contributed by atoms with van der Waals surface area (Å²) in [5.41, 5.74) is 0.987. The Bertz CT molecular complexity index is 472. The maximum atomic E-state index is 11.7. The molecule has 2 rings (SSSR count). The zero-order valence-electron chi connectivity index (χ0n) is 11.1. The second-order valence-electron chi connectivity index (χ2n) is 4.76. The Morgan fingerprint density at radius 1 is 1.63 bits per heavy atom. The van der Waals surface area contributed by atoms with Crippen molar-refractivity contribution in [1.82, 2.24) is 15.1 Å². The van der Waals surface area contributed by atoms with Gasteiger partial charge < -0.3 is 10.2 Å². The lowest BCUT2D eigenvalue weighted by molar-refractivity contribution is -0.116. The van der Waals surface area contributed by atoms with E-state index in [0.717, 1.165) is 18.0 Å². The summed E-state index contributed by atoms with van der Waals surface area (Å²) in [4.78, 5) is 24.8. The average Bonchev–Trinajstić information content (AvgIpc) is 2.96. The van der Waals surface area contributed by atoms with E-state index in [9.17, 15) is 9.59 Å². The molecule has 1 aliphatic heterocycles. The van der Waals surface area contributed by atoms with Crippen LogP contribution in [0.5, 0.6) is 0 Å². The molecule has 0 atom stereocenters. The van der Waals surface area contributed by atoms with Crippen LogP contribution in [0.4, 0.5) is 10.6 Å². The highest BCUT2D eigenvalue weighted by Gasteiger charge is 2.21. The van der Waals surface area contributed by atoms with Crippen molar-refractivity contribution in [2.45, 2.75) is 26.2 Å². The van der Waals surface area contributed by atoms with E-state index in [0.29, 0.717) is 24.7 Å². The molecule has 2 heterocycles. The number of carbonyl (C=O) groups is 2. The Labute approximate surface area is 116 Å². The molecule has 1 aromatic heterocycles. The minimum atomic E-state index is -0.119. The zero-order chi connectivity index (χ0) is 13.8. The van der Waals surface area contributed by atoms with Crippen molar-refractivity contribution < 1.29 is 9.59 Å². The Balaban J connectivity index is 1.78. The summed E-state index contributed by atoms with van der Waals surface area (Å²) in [7, 11) is 0. The molecule has 2 amide bonds. The smallest absolute Gasteiger partial charge is 0.281 e. The predicted molar refractivity (Wildman–Crippen MR) is 75.4 cm³/mol. The number of amides is 2. The third-order valence-corrected chi connectivity index (χ3v) is 3.83. The molecule has 0 aromatic carbocycles. The largest absolute Gasteiger partial charge is 0.332 e. The van der Waals surface area contributed by atoms with E-state index in [1.165, 1.54) is 11.8 Å². The van der Waals surface area contributed by atoms with Gasteiger partial charge in [0.25, 0.3) is 5.24 Å². The summed E-state index contributed by atoms with van der Waals surface area (Å²) < 4.78 is 0. The third kappa shape index (κ3) is 3.73. The molecule has 1 aromatic rings. The fourth-order valence-electron chi connectivity index (χ4n) is 1.77. The number of rotatable bonds is 5. The lowest BCUT2D eigenvalue weighted by Crippen LogP contribution is -2.27. The first kappa shape index (κ1) is 13.9. The normalized spacial score (nSPS) is 15.3. The molecule has 19 heavy (non-hydrogen) atoms. The molecule has 1 fully saturated rings. The standard InChI is InChI=1S/C12H18N4O2S/c1-8(2)9-7-10(15-14-9)13-11(17)3-4-16-5-6-19-12(16)18/h7-8H,3-6H2,1-2H3,(H2,13,14,15,17). The molecule has 104 valence electrons. The van der Waals surface area contributed by atoms with Crippen molar-refractivity contribution in [2.75, 3.05) is 24.2 Å². The number of nitrogens with one attached hydrogen (secondary N) is 2. The van der Waals surface area contributed by atoms with Crippen LogP contribution in [-0.2, 0) is 4.79 Å². The second-order valence-corrected chi connectivity index (χ2v) is 5.81. The molecular weight excluding hydrogens is 264 g/mol. The first-order valence-corrected chi connectivity index (χ1v) is 7.31. The maximum absolute atomic E-state index is 11.7. The van der Waals surface area contributed by atoms with Gasteiger partial charge in [-0.1, -0.05) is 25.6 Å². The number of thioether (sulfide) groups is 1. The third-order valence-electron chi connectivity index (χ3n) is 2.94. The topological polar surface area (TPSA) is 78.1 Å². The lowest BCUT2D eigenvalue weighted by Gasteiger charge is -2.13. The van der Waals surface area contributed by atoms with E-state index >= 15 is 0 Å². The molecule has 0 spiro atoms. The van der Waals surface area contributed by atoms with Crippen molar-refractivity contribution in [3.63, 3.8) is 0 Å². The molecule has 0 unspecified atom stereocenters. The van der Waals surface area contributed by atoms with Crippen LogP contribution in [0.25, 0.3) is 0 Å². The number of aromatic nitrogens is 2. The van der Waals surface area contributed by atoms with Crippen molar-refractivity contribution in [1.29, 1.82) is 0 Å². The van der Waals surface area contributed by atoms with Crippen LogP contribution in [-0.4, -0.2) is 45.1 Å². The van der Waals surface area contributed by atoms with Gasteiger partial charge in [-0.3, -0.25) is 14.7 Å². The first-order chi connectivity index (χ1) is 9.06.